The molecule has 0 unspecified atom stereocenters. The average Bonchev–Trinajstić information content (AvgIpc) is 3.10. The number of nitrogens with zero attached hydrogens (tertiary/aromatic N) is 4. The van der Waals surface area contributed by atoms with Gasteiger partial charge in [-0.25, -0.2) is 0 Å². The third kappa shape index (κ3) is 5.23. The molecule has 1 aliphatic rings. The number of hydrogen-bond donors (Lipinski definition) is 2. The largest absolute Gasteiger partial charge is 0.384 e. The van der Waals surface area contributed by atoms with Crippen LogP contribution in [-0.2, 0) is 16.1 Å². The Balaban J connectivity index is 0.00000243. The van der Waals surface area contributed by atoms with Crippen LogP contribution in [0.1, 0.15) is 12.8 Å². The summed E-state index contributed by atoms with van der Waals surface area (Å²) >= 11 is 0. The average molecular weight is 381 g/mol. The zero-order valence-electron chi connectivity index (χ0n) is 14.9. The number of carbonyl (C=O) groups is 1. The molecular weight excluding hydrogens is 356 g/mol. The first-order chi connectivity index (χ1) is 12.2. The van der Waals surface area contributed by atoms with Gasteiger partial charge >= 0.3 is 0 Å². The Morgan fingerprint density at radius 3 is 2.73 bits per heavy atom. The number of rotatable bonds is 7. The van der Waals surface area contributed by atoms with Gasteiger partial charge in [0, 0.05) is 24.6 Å². The fraction of sp³-hybridized carbons (Fsp3) is 0.529. The van der Waals surface area contributed by atoms with Crippen molar-refractivity contribution >= 4 is 18.3 Å². The monoisotopic (exact) mass is 380 g/mol. The van der Waals surface area contributed by atoms with E-state index in [0.717, 1.165) is 31.5 Å². The minimum Gasteiger partial charge on any atom is -0.384 e. The summed E-state index contributed by atoms with van der Waals surface area (Å²) < 4.78 is 5.37. The van der Waals surface area contributed by atoms with E-state index < -0.39 is 0 Å². The van der Waals surface area contributed by atoms with Crippen molar-refractivity contribution in [1.29, 1.82) is 0 Å². The van der Waals surface area contributed by atoms with E-state index in [9.17, 15) is 4.79 Å². The highest BCUT2D eigenvalue weighted by Crippen LogP contribution is 2.28. The lowest BCUT2D eigenvalue weighted by Crippen LogP contribution is -2.47. The van der Waals surface area contributed by atoms with Crippen LogP contribution in [0.4, 0.5) is 0 Å². The second kappa shape index (κ2) is 9.61. The summed E-state index contributed by atoms with van der Waals surface area (Å²) in [4.78, 5) is 13.6. The van der Waals surface area contributed by atoms with Gasteiger partial charge < -0.3 is 15.4 Å². The molecule has 0 aliphatic carbocycles. The van der Waals surface area contributed by atoms with Gasteiger partial charge in [0.25, 0.3) is 0 Å². The number of halogens is 1. The molecule has 2 aromatic rings. The Bertz CT molecular complexity index is 682. The van der Waals surface area contributed by atoms with E-state index in [0.29, 0.717) is 19.0 Å². The molecule has 26 heavy (non-hydrogen) atoms. The van der Waals surface area contributed by atoms with Crippen molar-refractivity contribution in [1.82, 2.24) is 30.8 Å². The third-order valence-corrected chi connectivity index (χ3v) is 4.55. The minimum atomic E-state index is -0.119. The molecule has 0 atom stereocenters. The van der Waals surface area contributed by atoms with Crippen LogP contribution in [0.5, 0.6) is 0 Å². The van der Waals surface area contributed by atoms with Gasteiger partial charge in [0.15, 0.2) is 0 Å². The number of hydrogen-bond acceptors (Lipinski definition) is 6. The van der Waals surface area contributed by atoms with Crippen molar-refractivity contribution in [2.45, 2.75) is 19.4 Å². The van der Waals surface area contributed by atoms with Crippen LogP contribution in [-0.4, -0.2) is 59.5 Å². The molecular formula is C17H25ClN6O2. The second-order valence-electron chi connectivity index (χ2n) is 6.47. The Labute approximate surface area is 159 Å². The van der Waals surface area contributed by atoms with Crippen molar-refractivity contribution in [3.8, 4) is 11.4 Å². The highest BCUT2D eigenvalue weighted by Gasteiger charge is 2.32. The maximum atomic E-state index is 12.3. The molecule has 1 fully saturated rings. The molecule has 1 aromatic heterocycles. The number of tetrazole rings is 1. The van der Waals surface area contributed by atoms with Crippen molar-refractivity contribution in [3.63, 3.8) is 0 Å². The van der Waals surface area contributed by atoms with Gasteiger partial charge in [-0.05, 0) is 31.1 Å². The summed E-state index contributed by atoms with van der Waals surface area (Å²) in [6.07, 6.45) is 1.97. The summed E-state index contributed by atoms with van der Waals surface area (Å²) in [5, 5.41) is 18.6. The smallest absolute Gasteiger partial charge is 0.243 e. The maximum Gasteiger partial charge on any atom is 0.243 e. The molecule has 0 saturated carbocycles. The van der Waals surface area contributed by atoms with Crippen LogP contribution in [0.2, 0.25) is 0 Å². The van der Waals surface area contributed by atoms with Crippen LogP contribution in [0.15, 0.2) is 30.3 Å². The number of aromatic nitrogens is 4. The SMILES string of the molecule is COCC1(CNC(=O)Cn2nnc(-c3ccccc3)n2)CCNCC1.Cl. The number of carbonyl (C=O) groups excluding carboxylic acids is 1. The summed E-state index contributed by atoms with van der Waals surface area (Å²) in [7, 11) is 1.70. The first-order valence-corrected chi connectivity index (χ1v) is 8.50. The number of ether oxygens (including phenoxy) is 1. The van der Waals surface area contributed by atoms with E-state index in [1.165, 1.54) is 4.80 Å². The molecule has 2 N–H and O–H groups in total. The number of benzene rings is 1. The summed E-state index contributed by atoms with van der Waals surface area (Å²) in [5.41, 5.74) is 0.878. The summed E-state index contributed by atoms with van der Waals surface area (Å²) in [5.74, 6) is 0.397. The van der Waals surface area contributed by atoms with Gasteiger partial charge in [-0.3, -0.25) is 4.79 Å². The Morgan fingerprint density at radius 1 is 1.31 bits per heavy atom. The maximum absolute atomic E-state index is 12.3. The second-order valence-corrected chi connectivity index (χ2v) is 6.47. The normalized spacial score (nSPS) is 15.9. The van der Waals surface area contributed by atoms with Crippen LogP contribution >= 0.6 is 12.4 Å². The molecule has 0 radical (unpaired) electrons. The molecule has 3 rings (SSSR count). The minimum absolute atomic E-state index is 0. The van der Waals surface area contributed by atoms with Gasteiger partial charge in [-0.2, -0.15) is 4.80 Å². The lowest BCUT2D eigenvalue weighted by molar-refractivity contribution is -0.123. The Morgan fingerprint density at radius 2 is 2.04 bits per heavy atom. The number of amides is 1. The fourth-order valence-corrected chi connectivity index (χ4v) is 3.12. The predicted octanol–water partition coefficient (Wildman–Crippen LogP) is 0.894. The molecule has 8 nitrogen and oxygen atoms in total. The zero-order chi connectivity index (χ0) is 17.5. The molecule has 1 aromatic carbocycles. The van der Waals surface area contributed by atoms with E-state index >= 15 is 0 Å². The summed E-state index contributed by atoms with van der Waals surface area (Å²) in [6, 6.07) is 9.58. The van der Waals surface area contributed by atoms with Gasteiger partial charge in [0.1, 0.15) is 6.54 Å². The van der Waals surface area contributed by atoms with Crippen molar-refractivity contribution in [3.05, 3.63) is 30.3 Å². The molecule has 0 spiro atoms. The molecule has 142 valence electrons. The number of piperidine rings is 1. The topological polar surface area (TPSA) is 94.0 Å². The number of nitrogens with one attached hydrogen (secondary N) is 2. The van der Waals surface area contributed by atoms with E-state index in [1.807, 2.05) is 30.3 Å². The van der Waals surface area contributed by atoms with E-state index in [4.69, 9.17) is 4.74 Å². The van der Waals surface area contributed by atoms with Crippen LogP contribution in [0.3, 0.4) is 0 Å². The first-order valence-electron chi connectivity index (χ1n) is 8.50. The first kappa shape index (κ1) is 20.3. The zero-order valence-corrected chi connectivity index (χ0v) is 15.7. The standard InChI is InChI=1S/C17H24N6O2.ClH/c1-25-13-17(7-9-18-10-8-17)12-19-15(24)11-23-21-16(20-22-23)14-5-3-2-4-6-14;/h2-6,18H,7-13H2,1H3,(H,19,24);1H. The van der Waals surface area contributed by atoms with E-state index in [1.54, 1.807) is 7.11 Å². The molecule has 1 aliphatic heterocycles. The molecule has 2 heterocycles. The van der Waals surface area contributed by atoms with Gasteiger partial charge in [-0.15, -0.1) is 22.6 Å². The Hall–Kier alpha value is -2.03. The third-order valence-electron chi connectivity index (χ3n) is 4.55. The molecule has 1 amide bonds. The lowest BCUT2D eigenvalue weighted by Gasteiger charge is -2.37. The van der Waals surface area contributed by atoms with Gasteiger partial charge in [-0.1, -0.05) is 30.3 Å². The van der Waals surface area contributed by atoms with Crippen LogP contribution in [0.25, 0.3) is 11.4 Å². The van der Waals surface area contributed by atoms with Crippen LogP contribution < -0.4 is 10.6 Å². The Kier molecular flexibility index (Phi) is 7.50. The van der Waals surface area contributed by atoms with Crippen molar-refractivity contribution in [2.75, 3.05) is 33.4 Å². The highest BCUT2D eigenvalue weighted by atomic mass is 35.5. The van der Waals surface area contributed by atoms with E-state index in [2.05, 4.69) is 26.0 Å². The van der Waals surface area contributed by atoms with Crippen molar-refractivity contribution < 1.29 is 9.53 Å². The highest BCUT2D eigenvalue weighted by molar-refractivity contribution is 5.85. The number of methoxy groups -OCH3 is 1. The predicted molar refractivity (Wildman–Crippen MR) is 99.9 cm³/mol. The quantitative estimate of drug-likeness (QED) is 0.741. The molecule has 1 saturated heterocycles. The van der Waals surface area contributed by atoms with Crippen LogP contribution in [0, 0.1) is 5.41 Å². The van der Waals surface area contributed by atoms with Gasteiger partial charge in [0.2, 0.25) is 11.7 Å². The van der Waals surface area contributed by atoms with Crippen molar-refractivity contribution in [2.24, 2.45) is 5.41 Å². The molecule has 0 bridgehead atoms. The van der Waals surface area contributed by atoms with Gasteiger partial charge in [0.05, 0.1) is 6.61 Å². The molecule has 9 heteroatoms. The fourth-order valence-electron chi connectivity index (χ4n) is 3.12. The van der Waals surface area contributed by atoms with E-state index in [-0.39, 0.29) is 30.3 Å². The summed E-state index contributed by atoms with van der Waals surface area (Å²) in [6.45, 7) is 3.20. The lowest BCUT2D eigenvalue weighted by atomic mass is 9.79.